The first-order chi connectivity index (χ1) is 9.25. The number of carbonyl (C=O) groups is 1. The summed E-state index contributed by atoms with van der Waals surface area (Å²) in [7, 11) is 0. The minimum absolute atomic E-state index is 0.00296. The van der Waals surface area contributed by atoms with Crippen molar-refractivity contribution in [2.75, 3.05) is 5.73 Å². The van der Waals surface area contributed by atoms with Crippen molar-refractivity contribution >= 4 is 22.2 Å². The van der Waals surface area contributed by atoms with Crippen LogP contribution in [0.25, 0.3) is 10.8 Å². The Labute approximate surface area is 110 Å². The zero-order chi connectivity index (χ0) is 13.2. The van der Waals surface area contributed by atoms with Crippen LogP contribution < -0.4 is 5.73 Å². The minimum Gasteiger partial charge on any atom is -0.399 e. The lowest BCUT2D eigenvalue weighted by Crippen LogP contribution is -2.02. The molecule has 1 aromatic heterocycles. The summed E-state index contributed by atoms with van der Waals surface area (Å²) in [6.07, 6.45) is 3.46. The van der Waals surface area contributed by atoms with Gasteiger partial charge in [-0.3, -0.25) is 9.78 Å². The number of ketones is 1. The third-order valence-corrected chi connectivity index (χ3v) is 3.10. The van der Waals surface area contributed by atoms with Gasteiger partial charge >= 0.3 is 0 Å². The Kier molecular flexibility index (Phi) is 2.72. The Morgan fingerprint density at radius 3 is 2.58 bits per heavy atom. The van der Waals surface area contributed by atoms with E-state index in [4.69, 9.17) is 5.73 Å². The molecule has 0 saturated carbocycles. The summed E-state index contributed by atoms with van der Waals surface area (Å²) in [5.41, 5.74) is 7.61. The number of nitrogens with two attached hydrogens (primary N) is 1. The molecule has 2 N–H and O–H groups in total. The van der Waals surface area contributed by atoms with Crippen LogP contribution in [0.15, 0.2) is 60.9 Å². The normalized spacial score (nSPS) is 10.5. The Balaban J connectivity index is 2.14. The highest BCUT2D eigenvalue weighted by atomic mass is 16.1. The van der Waals surface area contributed by atoms with Gasteiger partial charge in [0, 0.05) is 34.6 Å². The highest BCUT2D eigenvalue weighted by Gasteiger charge is 2.11. The molecule has 1 heterocycles. The highest BCUT2D eigenvalue weighted by molar-refractivity contribution is 6.16. The van der Waals surface area contributed by atoms with Gasteiger partial charge in [0.2, 0.25) is 0 Å². The summed E-state index contributed by atoms with van der Waals surface area (Å²) in [6.45, 7) is 0. The van der Waals surface area contributed by atoms with Crippen molar-refractivity contribution in [1.82, 2.24) is 4.98 Å². The monoisotopic (exact) mass is 248 g/mol. The van der Waals surface area contributed by atoms with E-state index in [0.29, 0.717) is 16.8 Å². The molecule has 0 fully saturated rings. The summed E-state index contributed by atoms with van der Waals surface area (Å²) >= 11 is 0. The van der Waals surface area contributed by atoms with Crippen molar-refractivity contribution in [2.24, 2.45) is 0 Å². The van der Waals surface area contributed by atoms with Crippen molar-refractivity contribution in [2.45, 2.75) is 0 Å². The summed E-state index contributed by atoms with van der Waals surface area (Å²) in [5.74, 6) is -0.00296. The van der Waals surface area contributed by atoms with Gasteiger partial charge in [0.25, 0.3) is 0 Å². The van der Waals surface area contributed by atoms with Crippen molar-refractivity contribution in [1.29, 1.82) is 0 Å². The van der Waals surface area contributed by atoms with Crippen LogP contribution in [0, 0.1) is 0 Å². The van der Waals surface area contributed by atoms with E-state index in [1.807, 2.05) is 24.3 Å². The van der Waals surface area contributed by atoms with Crippen LogP contribution in [0.2, 0.25) is 0 Å². The second kappa shape index (κ2) is 4.53. The third-order valence-electron chi connectivity index (χ3n) is 3.10. The smallest absolute Gasteiger partial charge is 0.193 e. The molecule has 92 valence electrons. The number of anilines is 1. The maximum absolute atomic E-state index is 12.5. The second-order valence-electron chi connectivity index (χ2n) is 4.35. The number of aromatic nitrogens is 1. The molecule has 0 atom stereocenters. The molecule has 0 bridgehead atoms. The summed E-state index contributed by atoms with van der Waals surface area (Å²) in [4.78, 5) is 16.6. The third kappa shape index (κ3) is 2.06. The van der Waals surface area contributed by atoms with Gasteiger partial charge < -0.3 is 5.73 Å². The molecular weight excluding hydrogens is 236 g/mol. The molecule has 0 amide bonds. The molecule has 0 spiro atoms. The minimum atomic E-state index is -0.00296. The maximum Gasteiger partial charge on any atom is 0.193 e. The summed E-state index contributed by atoms with van der Waals surface area (Å²) in [5, 5.41) is 1.88. The Hall–Kier alpha value is -2.68. The molecule has 3 aromatic rings. The number of benzene rings is 2. The quantitative estimate of drug-likeness (QED) is 0.560. The Morgan fingerprint density at radius 1 is 1.00 bits per heavy atom. The number of nitrogen functional groups attached to an aromatic ring is 1. The Bertz CT molecular complexity index is 743. The van der Waals surface area contributed by atoms with Gasteiger partial charge in [0.05, 0.1) is 0 Å². The van der Waals surface area contributed by atoms with E-state index in [2.05, 4.69) is 4.98 Å². The van der Waals surface area contributed by atoms with E-state index in [1.165, 1.54) is 0 Å². The topological polar surface area (TPSA) is 56.0 Å². The van der Waals surface area contributed by atoms with E-state index < -0.39 is 0 Å². The molecule has 0 unspecified atom stereocenters. The lowest BCUT2D eigenvalue weighted by atomic mass is 9.98. The number of hydrogen-bond acceptors (Lipinski definition) is 3. The molecule has 3 heteroatoms. The number of pyridine rings is 1. The molecule has 3 rings (SSSR count). The van der Waals surface area contributed by atoms with Crippen LogP contribution in [0.4, 0.5) is 5.69 Å². The van der Waals surface area contributed by atoms with Gasteiger partial charge in [-0.1, -0.05) is 18.2 Å². The molecular formula is C16H12N2O. The molecule has 0 aliphatic heterocycles. The molecule has 2 aromatic carbocycles. The van der Waals surface area contributed by atoms with Gasteiger partial charge in [-0.2, -0.15) is 0 Å². The first kappa shape index (κ1) is 11.4. The fraction of sp³-hybridized carbons (Fsp3) is 0. The van der Waals surface area contributed by atoms with E-state index >= 15 is 0 Å². The van der Waals surface area contributed by atoms with Crippen molar-refractivity contribution < 1.29 is 4.79 Å². The molecule has 0 saturated heterocycles. The lowest BCUT2D eigenvalue weighted by Gasteiger charge is -2.05. The fourth-order valence-electron chi connectivity index (χ4n) is 2.11. The SMILES string of the molecule is Nc1ccc(C(=O)c2cccc3cnccc23)cc1. The van der Waals surface area contributed by atoms with Crippen molar-refractivity contribution in [3.63, 3.8) is 0 Å². The first-order valence-corrected chi connectivity index (χ1v) is 5.99. The van der Waals surface area contributed by atoms with Gasteiger partial charge in [-0.05, 0) is 35.7 Å². The molecule has 19 heavy (non-hydrogen) atoms. The summed E-state index contributed by atoms with van der Waals surface area (Å²) in [6, 6.07) is 14.5. The molecule has 0 radical (unpaired) electrons. The van der Waals surface area contributed by atoms with Crippen molar-refractivity contribution in [3.8, 4) is 0 Å². The predicted octanol–water partition coefficient (Wildman–Crippen LogP) is 3.05. The predicted molar refractivity (Wildman–Crippen MR) is 76.0 cm³/mol. The van der Waals surface area contributed by atoms with Crippen LogP contribution in [-0.4, -0.2) is 10.8 Å². The van der Waals surface area contributed by atoms with E-state index in [9.17, 15) is 4.79 Å². The van der Waals surface area contributed by atoms with E-state index in [-0.39, 0.29) is 5.78 Å². The van der Waals surface area contributed by atoms with Gasteiger partial charge in [-0.15, -0.1) is 0 Å². The van der Waals surface area contributed by atoms with Crippen LogP contribution in [0.3, 0.4) is 0 Å². The number of fused-ring (bicyclic) bond motifs is 1. The van der Waals surface area contributed by atoms with Crippen LogP contribution in [0.1, 0.15) is 15.9 Å². The highest BCUT2D eigenvalue weighted by Crippen LogP contribution is 2.21. The van der Waals surface area contributed by atoms with Crippen LogP contribution in [-0.2, 0) is 0 Å². The van der Waals surface area contributed by atoms with Crippen LogP contribution in [0.5, 0.6) is 0 Å². The van der Waals surface area contributed by atoms with Gasteiger partial charge in [0.1, 0.15) is 0 Å². The number of carbonyl (C=O) groups excluding carboxylic acids is 1. The number of rotatable bonds is 2. The molecule has 0 aliphatic carbocycles. The van der Waals surface area contributed by atoms with E-state index in [1.54, 1.807) is 36.7 Å². The second-order valence-corrected chi connectivity index (χ2v) is 4.35. The average Bonchev–Trinajstić information content (AvgIpc) is 2.47. The first-order valence-electron chi connectivity index (χ1n) is 5.99. The van der Waals surface area contributed by atoms with Crippen LogP contribution >= 0.6 is 0 Å². The zero-order valence-corrected chi connectivity index (χ0v) is 10.2. The Morgan fingerprint density at radius 2 is 1.79 bits per heavy atom. The summed E-state index contributed by atoms with van der Waals surface area (Å²) < 4.78 is 0. The van der Waals surface area contributed by atoms with Crippen molar-refractivity contribution in [3.05, 3.63) is 72.1 Å². The largest absolute Gasteiger partial charge is 0.399 e. The van der Waals surface area contributed by atoms with Gasteiger partial charge in [0.15, 0.2) is 5.78 Å². The number of hydrogen-bond donors (Lipinski definition) is 1. The molecule has 3 nitrogen and oxygen atoms in total. The molecule has 0 aliphatic rings. The number of nitrogens with zero attached hydrogens (tertiary/aromatic N) is 1. The maximum atomic E-state index is 12.5. The van der Waals surface area contributed by atoms with Gasteiger partial charge in [-0.25, -0.2) is 0 Å². The zero-order valence-electron chi connectivity index (χ0n) is 10.2. The standard InChI is InChI=1S/C16H12N2O/c17-13-6-4-11(5-7-13)16(19)15-3-1-2-12-10-18-9-8-14(12)15/h1-10H,17H2. The fourth-order valence-corrected chi connectivity index (χ4v) is 2.11. The lowest BCUT2D eigenvalue weighted by molar-refractivity contribution is 0.104. The van der Waals surface area contributed by atoms with E-state index in [0.717, 1.165) is 10.8 Å². The average molecular weight is 248 g/mol.